The van der Waals surface area contributed by atoms with E-state index in [-0.39, 0.29) is 5.84 Å². The fourth-order valence-electron chi connectivity index (χ4n) is 2.22. The molecule has 0 fully saturated rings. The van der Waals surface area contributed by atoms with Gasteiger partial charge >= 0.3 is 0 Å². The molecule has 0 aliphatic rings. The minimum absolute atomic E-state index is 0.138. The molecule has 0 saturated carbocycles. The molecule has 1 rings (SSSR count). The van der Waals surface area contributed by atoms with Gasteiger partial charge in [0.1, 0.15) is 5.84 Å². The summed E-state index contributed by atoms with van der Waals surface area (Å²) in [5.74, 6) is 1.22. The van der Waals surface area contributed by atoms with Gasteiger partial charge in [-0.3, -0.25) is 5.41 Å². The number of hydrogen-bond acceptors (Lipinski definition) is 3. The van der Waals surface area contributed by atoms with Crippen LogP contribution in [0.5, 0.6) is 0 Å². The monoisotopic (exact) mass is 265 g/mol. The van der Waals surface area contributed by atoms with E-state index < -0.39 is 0 Å². The summed E-state index contributed by atoms with van der Waals surface area (Å²) < 4.78 is 0. The second kappa shape index (κ2) is 6.69. The number of nitrogens with one attached hydrogen (secondary N) is 1. The molecule has 3 N–H and O–H groups in total. The van der Waals surface area contributed by atoms with E-state index in [2.05, 4.69) is 38.1 Å². The summed E-state index contributed by atoms with van der Waals surface area (Å²) in [6, 6.07) is 6.43. The van der Waals surface area contributed by atoms with Crippen molar-refractivity contribution in [2.24, 2.45) is 5.73 Å². The van der Waals surface area contributed by atoms with E-state index in [0.29, 0.717) is 6.04 Å². The van der Waals surface area contributed by atoms with Crippen LogP contribution in [0.15, 0.2) is 18.2 Å². The molecule has 0 spiro atoms. The molecule has 1 atom stereocenters. The van der Waals surface area contributed by atoms with Gasteiger partial charge in [0, 0.05) is 24.4 Å². The summed E-state index contributed by atoms with van der Waals surface area (Å²) in [7, 11) is 2.10. The molecule has 18 heavy (non-hydrogen) atoms. The van der Waals surface area contributed by atoms with Gasteiger partial charge in [0.25, 0.3) is 0 Å². The number of nitrogen functional groups attached to an aromatic ring is 1. The maximum absolute atomic E-state index is 7.71. The normalized spacial score (nSPS) is 12.2. The first-order valence-electron chi connectivity index (χ1n) is 6.18. The molecule has 100 valence electrons. The lowest BCUT2D eigenvalue weighted by Gasteiger charge is -2.31. The van der Waals surface area contributed by atoms with Gasteiger partial charge in [0.15, 0.2) is 0 Å². The Hall–Kier alpha value is -1.16. The van der Waals surface area contributed by atoms with Crippen molar-refractivity contribution in [1.29, 1.82) is 5.41 Å². The van der Waals surface area contributed by atoms with Crippen LogP contribution in [-0.2, 0) is 0 Å². The summed E-state index contributed by atoms with van der Waals surface area (Å²) in [6.07, 6.45) is 3.21. The molecule has 0 aromatic heterocycles. The Kier molecular flexibility index (Phi) is 5.54. The number of nitrogens with zero attached hydrogens (tertiary/aromatic N) is 1. The Morgan fingerprint density at radius 2 is 2.17 bits per heavy atom. The summed E-state index contributed by atoms with van der Waals surface area (Å²) >= 11 is 1.85. The molecule has 0 aliphatic heterocycles. The molecule has 0 radical (unpaired) electrons. The van der Waals surface area contributed by atoms with Crippen LogP contribution < -0.4 is 10.6 Å². The number of thioether (sulfide) groups is 1. The number of benzene rings is 1. The van der Waals surface area contributed by atoms with Gasteiger partial charge in [-0.2, -0.15) is 11.8 Å². The topological polar surface area (TPSA) is 53.1 Å². The highest BCUT2D eigenvalue weighted by molar-refractivity contribution is 7.98. The number of nitrogens with two attached hydrogens (primary N) is 1. The van der Waals surface area contributed by atoms with Crippen LogP contribution in [0.2, 0.25) is 0 Å². The summed E-state index contributed by atoms with van der Waals surface area (Å²) in [4.78, 5) is 2.27. The Morgan fingerprint density at radius 1 is 1.50 bits per heavy atom. The first-order valence-corrected chi connectivity index (χ1v) is 7.58. The fourth-order valence-corrected chi connectivity index (χ4v) is 3.07. The molecule has 0 bridgehead atoms. The van der Waals surface area contributed by atoms with Gasteiger partial charge in [-0.25, -0.2) is 0 Å². The summed E-state index contributed by atoms with van der Waals surface area (Å²) in [5, 5.41) is 7.71. The third-order valence-corrected chi connectivity index (χ3v) is 3.98. The van der Waals surface area contributed by atoms with Crippen LogP contribution in [0.1, 0.15) is 24.5 Å². The molecule has 0 amide bonds. The van der Waals surface area contributed by atoms with Crippen molar-refractivity contribution in [2.45, 2.75) is 26.3 Å². The van der Waals surface area contributed by atoms with Crippen LogP contribution in [0.4, 0.5) is 5.69 Å². The number of aryl methyl sites for hydroxylation is 1. The summed E-state index contributed by atoms with van der Waals surface area (Å²) in [5.41, 5.74) is 8.78. The van der Waals surface area contributed by atoms with E-state index in [9.17, 15) is 0 Å². The van der Waals surface area contributed by atoms with Crippen LogP contribution in [0.3, 0.4) is 0 Å². The number of rotatable bonds is 6. The minimum Gasteiger partial charge on any atom is -0.384 e. The fraction of sp³-hybridized carbons (Fsp3) is 0.500. The third-order valence-electron chi connectivity index (χ3n) is 3.26. The van der Waals surface area contributed by atoms with Crippen molar-refractivity contribution in [1.82, 2.24) is 0 Å². The molecular formula is C14H23N3S. The van der Waals surface area contributed by atoms with Crippen LogP contribution in [-0.4, -0.2) is 30.9 Å². The lowest BCUT2D eigenvalue weighted by atomic mass is 10.0. The first-order chi connectivity index (χ1) is 8.52. The highest BCUT2D eigenvalue weighted by Gasteiger charge is 2.18. The smallest absolute Gasteiger partial charge is 0.124 e. The number of hydrogen-bond donors (Lipinski definition) is 2. The Labute approximate surface area is 114 Å². The van der Waals surface area contributed by atoms with E-state index in [4.69, 9.17) is 11.1 Å². The van der Waals surface area contributed by atoms with Gasteiger partial charge in [0.2, 0.25) is 0 Å². The zero-order valence-electron chi connectivity index (χ0n) is 11.7. The summed E-state index contributed by atoms with van der Waals surface area (Å²) in [6.45, 7) is 4.27. The standard InChI is InChI=1S/C14H23N3S/c1-5-11(9-18-4)17(3)13-10(2)7-6-8-12(13)14(15)16/h6-8,11H,5,9H2,1-4H3,(H3,15,16). The molecule has 1 unspecified atom stereocenters. The van der Waals surface area contributed by atoms with E-state index in [1.807, 2.05) is 23.9 Å². The van der Waals surface area contributed by atoms with Gasteiger partial charge in [-0.15, -0.1) is 0 Å². The number of amidine groups is 1. The predicted molar refractivity (Wildman–Crippen MR) is 83.1 cm³/mol. The largest absolute Gasteiger partial charge is 0.384 e. The van der Waals surface area contributed by atoms with Crippen LogP contribution in [0, 0.1) is 12.3 Å². The zero-order valence-corrected chi connectivity index (χ0v) is 12.5. The maximum atomic E-state index is 7.71. The van der Waals surface area contributed by atoms with Gasteiger partial charge in [-0.1, -0.05) is 19.1 Å². The van der Waals surface area contributed by atoms with Crippen molar-refractivity contribution in [2.75, 3.05) is 24.0 Å². The van der Waals surface area contributed by atoms with E-state index in [0.717, 1.165) is 23.4 Å². The zero-order chi connectivity index (χ0) is 13.7. The molecular weight excluding hydrogens is 242 g/mol. The van der Waals surface area contributed by atoms with Crippen LogP contribution in [0.25, 0.3) is 0 Å². The lowest BCUT2D eigenvalue weighted by molar-refractivity contribution is 0.671. The van der Waals surface area contributed by atoms with Crippen molar-refractivity contribution in [3.63, 3.8) is 0 Å². The molecule has 3 nitrogen and oxygen atoms in total. The second-order valence-electron chi connectivity index (χ2n) is 4.51. The Bertz CT molecular complexity index is 418. The second-order valence-corrected chi connectivity index (χ2v) is 5.42. The highest BCUT2D eigenvalue weighted by atomic mass is 32.2. The van der Waals surface area contributed by atoms with Crippen molar-refractivity contribution in [3.8, 4) is 0 Å². The molecule has 0 saturated heterocycles. The Morgan fingerprint density at radius 3 is 2.67 bits per heavy atom. The van der Waals surface area contributed by atoms with Crippen molar-refractivity contribution in [3.05, 3.63) is 29.3 Å². The minimum atomic E-state index is 0.138. The van der Waals surface area contributed by atoms with E-state index >= 15 is 0 Å². The first kappa shape index (κ1) is 14.9. The van der Waals surface area contributed by atoms with Gasteiger partial charge in [0.05, 0.1) is 5.69 Å². The highest BCUT2D eigenvalue weighted by Crippen LogP contribution is 2.27. The lowest BCUT2D eigenvalue weighted by Crippen LogP contribution is -2.35. The van der Waals surface area contributed by atoms with E-state index in [1.54, 1.807) is 0 Å². The van der Waals surface area contributed by atoms with Gasteiger partial charge in [-0.05, 0) is 31.2 Å². The maximum Gasteiger partial charge on any atom is 0.124 e. The third kappa shape index (κ3) is 3.19. The Balaban J connectivity index is 3.17. The molecule has 0 aliphatic carbocycles. The molecule has 1 aromatic carbocycles. The van der Waals surface area contributed by atoms with E-state index in [1.165, 1.54) is 5.56 Å². The SMILES string of the molecule is CCC(CSC)N(C)c1c(C)cccc1C(=N)N. The molecule has 1 aromatic rings. The average Bonchev–Trinajstić information content (AvgIpc) is 2.34. The average molecular weight is 265 g/mol. The molecule has 0 heterocycles. The number of para-hydroxylation sites is 1. The number of anilines is 1. The predicted octanol–water partition coefficient (Wildman–Crippen LogP) is 2.86. The van der Waals surface area contributed by atoms with Crippen molar-refractivity contribution < 1.29 is 0 Å². The van der Waals surface area contributed by atoms with Gasteiger partial charge < -0.3 is 10.6 Å². The van der Waals surface area contributed by atoms with Crippen LogP contribution >= 0.6 is 11.8 Å². The van der Waals surface area contributed by atoms with Crippen molar-refractivity contribution >= 4 is 23.3 Å². The molecule has 4 heteroatoms. The quantitative estimate of drug-likeness (QED) is 0.614.